The Hall–Kier alpha value is -0.610. The van der Waals surface area contributed by atoms with Gasteiger partial charge in [0, 0.05) is 12.1 Å². The highest BCUT2D eigenvalue weighted by Crippen LogP contribution is 2.35. The number of esters is 1. The molecule has 0 aromatic heterocycles. The standard InChI is InChI=1S/C16H32N2O2/c1-6-9-13(4)18(5)14-10-11-16(12-14,17-7-2)15(19)20-8-3/h13-14,17H,6-12H2,1-5H3. The summed E-state index contributed by atoms with van der Waals surface area (Å²) in [6.07, 6.45) is 5.23. The van der Waals surface area contributed by atoms with E-state index in [1.807, 2.05) is 6.92 Å². The fourth-order valence-corrected chi connectivity index (χ4v) is 3.37. The van der Waals surface area contributed by atoms with Gasteiger partial charge in [0.05, 0.1) is 6.61 Å². The summed E-state index contributed by atoms with van der Waals surface area (Å²) in [5, 5.41) is 3.40. The van der Waals surface area contributed by atoms with Gasteiger partial charge in [-0.25, -0.2) is 0 Å². The van der Waals surface area contributed by atoms with Crippen molar-refractivity contribution in [2.45, 2.75) is 77.4 Å². The van der Waals surface area contributed by atoms with E-state index in [9.17, 15) is 4.79 Å². The van der Waals surface area contributed by atoms with Crippen molar-refractivity contribution in [2.24, 2.45) is 0 Å². The Kier molecular flexibility index (Phi) is 6.96. The third-order valence-corrected chi connectivity index (χ3v) is 4.65. The number of hydrogen-bond acceptors (Lipinski definition) is 4. The predicted molar refractivity (Wildman–Crippen MR) is 82.8 cm³/mol. The van der Waals surface area contributed by atoms with Crippen molar-refractivity contribution in [1.29, 1.82) is 0 Å². The van der Waals surface area contributed by atoms with E-state index in [0.717, 1.165) is 25.8 Å². The minimum atomic E-state index is -0.463. The maximum absolute atomic E-state index is 12.3. The summed E-state index contributed by atoms with van der Waals surface area (Å²) in [5.41, 5.74) is -0.463. The number of nitrogens with zero attached hydrogens (tertiary/aromatic N) is 1. The Morgan fingerprint density at radius 1 is 1.45 bits per heavy atom. The molecule has 1 aliphatic carbocycles. The van der Waals surface area contributed by atoms with Crippen LogP contribution in [0.1, 0.15) is 59.8 Å². The Balaban J connectivity index is 2.71. The highest BCUT2D eigenvalue weighted by molar-refractivity contribution is 5.81. The van der Waals surface area contributed by atoms with Crippen molar-refractivity contribution in [2.75, 3.05) is 20.2 Å². The predicted octanol–water partition coefficient (Wildman–Crippen LogP) is 2.57. The molecule has 0 radical (unpaired) electrons. The molecule has 1 rings (SSSR count). The molecule has 0 bridgehead atoms. The van der Waals surface area contributed by atoms with Crippen LogP contribution in [0.2, 0.25) is 0 Å². The maximum atomic E-state index is 12.3. The van der Waals surface area contributed by atoms with E-state index in [-0.39, 0.29) is 5.97 Å². The van der Waals surface area contributed by atoms with E-state index < -0.39 is 5.54 Å². The Morgan fingerprint density at radius 3 is 2.70 bits per heavy atom. The zero-order valence-corrected chi connectivity index (χ0v) is 13.9. The van der Waals surface area contributed by atoms with Crippen molar-refractivity contribution in [3.05, 3.63) is 0 Å². The molecule has 3 unspecified atom stereocenters. The fraction of sp³-hybridized carbons (Fsp3) is 0.938. The van der Waals surface area contributed by atoms with E-state index in [2.05, 4.69) is 38.0 Å². The summed E-state index contributed by atoms with van der Waals surface area (Å²) in [7, 11) is 2.19. The van der Waals surface area contributed by atoms with E-state index in [4.69, 9.17) is 4.74 Å². The van der Waals surface area contributed by atoms with Gasteiger partial charge in [-0.2, -0.15) is 0 Å². The van der Waals surface area contributed by atoms with Crippen molar-refractivity contribution in [3.8, 4) is 0 Å². The van der Waals surface area contributed by atoms with Crippen LogP contribution in [0.25, 0.3) is 0 Å². The highest BCUT2D eigenvalue weighted by atomic mass is 16.5. The van der Waals surface area contributed by atoms with E-state index in [1.165, 1.54) is 12.8 Å². The van der Waals surface area contributed by atoms with E-state index >= 15 is 0 Å². The summed E-state index contributed by atoms with van der Waals surface area (Å²) in [6.45, 7) is 9.69. The molecule has 1 aliphatic rings. The molecule has 4 heteroatoms. The second-order valence-electron chi connectivity index (χ2n) is 6.03. The molecule has 1 fully saturated rings. The lowest BCUT2D eigenvalue weighted by molar-refractivity contribution is -0.151. The molecule has 0 spiro atoms. The monoisotopic (exact) mass is 284 g/mol. The molecule has 4 nitrogen and oxygen atoms in total. The SMILES string of the molecule is CCCC(C)N(C)C1CCC(NCC)(C(=O)OCC)C1. The number of rotatable bonds is 8. The molecule has 0 aromatic carbocycles. The molecular weight excluding hydrogens is 252 g/mol. The van der Waals surface area contributed by atoms with E-state index in [1.54, 1.807) is 0 Å². The zero-order valence-electron chi connectivity index (χ0n) is 13.9. The van der Waals surface area contributed by atoms with Crippen molar-refractivity contribution in [3.63, 3.8) is 0 Å². The van der Waals surface area contributed by atoms with Gasteiger partial charge in [-0.3, -0.25) is 4.79 Å². The molecule has 0 saturated heterocycles. The van der Waals surface area contributed by atoms with Gasteiger partial charge >= 0.3 is 5.97 Å². The lowest BCUT2D eigenvalue weighted by atomic mass is 9.96. The molecule has 0 amide bonds. The fourth-order valence-electron chi connectivity index (χ4n) is 3.37. The van der Waals surface area contributed by atoms with Crippen LogP contribution >= 0.6 is 0 Å². The minimum Gasteiger partial charge on any atom is -0.465 e. The van der Waals surface area contributed by atoms with Crippen molar-refractivity contribution in [1.82, 2.24) is 10.2 Å². The number of nitrogens with one attached hydrogen (secondary N) is 1. The Labute approximate surface area is 124 Å². The average Bonchev–Trinajstić information content (AvgIpc) is 2.84. The van der Waals surface area contributed by atoms with Crippen LogP contribution in [0.5, 0.6) is 0 Å². The second kappa shape index (κ2) is 7.99. The summed E-state index contributed by atoms with van der Waals surface area (Å²) in [4.78, 5) is 14.8. The van der Waals surface area contributed by atoms with Gasteiger partial charge < -0.3 is 15.0 Å². The number of carbonyl (C=O) groups excluding carboxylic acids is 1. The molecule has 0 aliphatic heterocycles. The van der Waals surface area contributed by atoms with Gasteiger partial charge in [0.2, 0.25) is 0 Å². The van der Waals surface area contributed by atoms with Gasteiger partial charge in [0.15, 0.2) is 0 Å². The molecule has 1 saturated carbocycles. The topological polar surface area (TPSA) is 41.6 Å². The number of likely N-dealkylation sites (N-methyl/N-ethyl adjacent to an activating group) is 1. The Morgan fingerprint density at radius 2 is 2.15 bits per heavy atom. The first-order valence-electron chi connectivity index (χ1n) is 8.14. The lowest BCUT2D eigenvalue weighted by Gasteiger charge is -2.33. The van der Waals surface area contributed by atoms with Gasteiger partial charge in [-0.15, -0.1) is 0 Å². The Bertz CT molecular complexity index is 309. The van der Waals surface area contributed by atoms with Gasteiger partial charge in [-0.05, 0) is 53.1 Å². The van der Waals surface area contributed by atoms with Gasteiger partial charge in [0.25, 0.3) is 0 Å². The summed E-state index contributed by atoms with van der Waals surface area (Å²) in [6, 6.07) is 1.05. The van der Waals surface area contributed by atoms with E-state index in [0.29, 0.717) is 18.7 Å². The third-order valence-electron chi connectivity index (χ3n) is 4.65. The van der Waals surface area contributed by atoms with Crippen molar-refractivity contribution >= 4 is 5.97 Å². The summed E-state index contributed by atoms with van der Waals surface area (Å²) >= 11 is 0. The van der Waals surface area contributed by atoms with Crippen LogP contribution < -0.4 is 5.32 Å². The quantitative estimate of drug-likeness (QED) is 0.696. The highest BCUT2D eigenvalue weighted by Gasteiger charge is 2.47. The van der Waals surface area contributed by atoms with Crippen LogP contribution in [-0.4, -0.2) is 48.7 Å². The average molecular weight is 284 g/mol. The zero-order chi connectivity index (χ0) is 15.2. The molecular formula is C16H32N2O2. The number of hydrogen-bond donors (Lipinski definition) is 1. The van der Waals surface area contributed by atoms with Gasteiger partial charge in [0.1, 0.15) is 5.54 Å². The molecule has 0 heterocycles. The first-order valence-corrected chi connectivity index (χ1v) is 8.14. The van der Waals surface area contributed by atoms with Crippen LogP contribution in [-0.2, 0) is 9.53 Å². The molecule has 20 heavy (non-hydrogen) atoms. The smallest absolute Gasteiger partial charge is 0.326 e. The van der Waals surface area contributed by atoms with Crippen LogP contribution in [0.4, 0.5) is 0 Å². The molecule has 118 valence electrons. The van der Waals surface area contributed by atoms with Crippen molar-refractivity contribution < 1.29 is 9.53 Å². The minimum absolute atomic E-state index is 0.0686. The van der Waals surface area contributed by atoms with Crippen LogP contribution in [0.15, 0.2) is 0 Å². The second-order valence-corrected chi connectivity index (χ2v) is 6.03. The lowest BCUT2D eigenvalue weighted by Crippen LogP contribution is -2.52. The summed E-state index contributed by atoms with van der Waals surface area (Å²) < 4.78 is 5.30. The molecule has 0 aromatic rings. The number of ether oxygens (including phenoxy) is 1. The largest absolute Gasteiger partial charge is 0.465 e. The first kappa shape index (κ1) is 17.4. The normalized spacial score (nSPS) is 27.8. The maximum Gasteiger partial charge on any atom is 0.326 e. The van der Waals surface area contributed by atoms with Gasteiger partial charge in [-0.1, -0.05) is 20.3 Å². The first-order chi connectivity index (χ1) is 9.50. The molecule has 3 atom stereocenters. The number of carbonyl (C=O) groups is 1. The molecule has 1 N–H and O–H groups in total. The van der Waals surface area contributed by atoms with Crippen LogP contribution in [0, 0.1) is 0 Å². The third kappa shape index (κ3) is 3.95. The summed E-state index contributed by atoms with van der Waals surface area (Å²) in [5.74, 6) is -0.0686. The van der Waals surface area contributed by atoms with Crippen LogP contribution in [0.3, 0.4) is 0 Å².